The van der Waals surface area contributed by atoms with Gasteiger partial charge in [0, 0.05) is 17.7 Å². The van der Waals surface area contributed by atoms with Crippen LogP contribution in [0.5, 0.6) is 5.75 Å². The van der Waals surface area contributed by atoms with Crippen LogP contribution in [0.4, 0.5) is 11.5 Å². The van der Waals surface area contributed by atoms with Crippen molar-refractivity contribution in [1.29, 1.82) is 0 Å². The number of ether oxygens (including phenoxy) is 1. The Morgan fingerprint density at radius 1 is 1.24 bits per heavy atom. The van der Waals surface area contributed by atoms with Gasteiger partial charge in [0.05, 0.1) is 17.7 Å². The highest BCUT2D eigenvalue weighted by Gasteiger charge is 2.26. The molecule has 0 saturated heterocycles. The smallest absolute Gasteiger partial charge is 0.294 e. The highest BCUT2D eigenvalue weighted by molar-refractivity contribution is 6.02. The molecule has 1 amide bonds. The van der Waals surface area contributed by atoms with E-state index in [4.69, 9.17) is 10.5 Å². The van der Waals surface area contributed by atoms with Crippen LogP contribution < -0.4 is 15.9 Å². The molecule has 2 aromatic carbocycles. The number of nitro benzene ring substituents is 1. The Kier molecular flexibility index (Phi) is 5.94. The predicted molar refractivity (Wildman–Crippen MR) is 118 cm³/mol. The van der Waals surface area contributed by atoms with Gasteiger partial charge in [0.15, 0.2) is 5.69 Å². The number of nitrogens with zero attached hydrogens (tertiary/aromatic N) is 7. The third kappa shape index (κ3) is 4.27. The summed E-state index contributed by atoms with van der Waals surface area (Å²) in [6, 6.07) is 12.7. The van der Waals surface area contributed by atoms with Gasteiger partial charge < -0.3 is 10.5 Å². The number of hydrogen-bond donors (Lipinski definition) is 2. The zero-order valence-corrected chi connectivity index (χ0v) is 17.9. The molecule has 0 radical (unpaired) electrons. The number of nitrogens with two attached hydrogens (primary N) is 1. The number of carbonyl (C=O) groups is 1. The summed E-state index contributed by atoms with van der Waals surface area (Å²) in [6.07, 6.45) is 0. The molecule has 0 aliphatic heterocycles. The predicted octanol–water partition coefficient (Wildman–Crippen LogP) is 1.97. The molecule has 0 aliphatic carbocycles. The number of hydrogen-bond acceptors (Lipinski definition) is 11. The van der Waals surface area contributed by atoms with Crippen molar-refractivity contribution < 1.29 is 19.1 Å². The lowest BCUT2D eigenvalue weighted by Gasteiger charge is -2.06. The molecular weight excluding hydrogens is 446 g/mol. The van der Waals surface area contributed by atoms with Crippen molar-refractivity contribution in [2.45, 2.75) is 6.92 Å². The highest BCUT2D eigenvalue weighted by atomic mass is 16.6. The monoisotopic (exact) mass is 463 g/mol. The van der Waals surface area contributed by atoms with Gasteiger partial charge in [0.25, 0.3) is 11.6 Å². The van der Waals surface area contributed by atoms with E-state index in [0.717, 1.165) is 10.2 Å². The molecule has 0 atom stereocenters. The Morgan fingerprint density at radius 3 is 2.65 bits per heavy atom. The van der Waals surface area contributed by atoms with Crippen molar-refractivity contribution in [3.05, 3.63) is 69.9 Å². The molecule has 3 N–H and O–H groups in total. The van der Waals surface area contributed by atoms with Crippen LogP contribution in [0.1, 0.15) is 23.0 Å². The first-order valence-corrected chi connectivity index (χ1v) is 9.67. The lowest BCUT2D eigenvalue weighted by atomic mass is 10.1. The Morgan fingerprint density at radius 2 is 2.00 bits per heavy atom. The fourth-order valence-corrected chi connectivity index (χ4v) is 3.03. The van der Waals surface area contributed by atoms with Crippen LogP contribution >= 0.6 is 0 Å². The first kappa shape index (κ1) is 22.1. The number of benzene rings is 2. The van der Waals surface area contributed by atoms with E-state index in [9.17, 15) is 14.9 Å². The molecule has 2 heterocycles. The number of aromatic nitrogens is 5. The van der Waals surface area contributed by atoms with E-state index in [1.165, 1.54) is 18.2 Å². The SMILES string of the molecule is COc1ccc(/C(C)=N/NC(=O)c2nnn(-c3nonc3N)c2-c2cccc([N+](=O)[O-])c2)cc1. The van der Waals surface area contributed by atoms with Gasteiger partial charge in [-0.15, -0.1) is 5.10 Å². The van der Waals surface area contributed by atoms with E-state index in [-0.39, 0.29) is 34.3 Å². The van der Waals surface area contributed by atoms with Gasteiger partial charge in [-0.25, -0.2) is 10.1 Å². The minimum Gasteiger partial charge on any atom is -0.497 e. The van der Waals surface area contributed by atoms with Crippen LogP contribution in [-0.2, 0) is 0 Å². The number of anilines is 1. The van der Waals surface area contributed by atoms with E-state index in [1.807, 2.05) is 0 Å². The maximum absolute atomic E-state index is 13.0. The average Bonchev–Trinajstić information content (AvgIpc) is 3.48. The molecule has 0 bridgehead atoms. The zero-order chi connectivity index (χ0) is 24.2. The summed E-state index contributed by atoms with van der Waals surface area (Å²) in [5.74, 6) is -0.182. The van der Waals surface area contributed by atoms with Crippen LogP contribution in [0.3, 0.4) is 0 Å². The number of nitrogens with one attached hydrogen (secondary N) is 1. The van der Waals surface area contributed by atoms with Crippen molar-refractivity contribution in [3.63, 3.8) is 0 Å². The second-order valence-electron chi connectivity index (χ2n) is 6.85. The Balaban J connectivity index is 1.72. The van der Waals surface area contributed by atoms with Gasteiger partial charge in [0.2, 0.25) is 11.6 Å². The van der Waals surface area contributed by atoms with Crippen molar-refractivity contribution in [2.75, 3.05) is 12.8 Å². The first-order chi connectivity index (χ1) is 16.4. The molecular formula is C20H17N9O5. The molecule has 0 spiro atoms. The number of methoxy groups -OCH3 is 1. The van der Waals surface area contributed by atoms with Crippen LogP contribution in [0.25, 0.3) is 17.1 Å². The standard InChI is InChI=1S/C20H17N9O5/c1-11(12-6-8-15(33-2)9-7-12)22-24-20(30)16-17(13-4-3-5-14(10-13)29(31)32)28(27-23-16)19-18(21)25-34-26-19/h3-10H,1-2H3,(H2,21,25)(H,24,30)/b22-11+. The third-order valence-corrected chi connectivity index (χ3v) is 4.74. The molecule has 34 heavy (non-hydrogen) atoms. The van der Waals surface area contributed by atoms with Gasteiger partial charge in [-0.3, -0.25) is 14.9 Å². The van der Waals surface area contributed by atoms with Crippen LogP contribution in [0, 0.1) is 10.1 Å². The van der Waals surface area contributed by atoms with Crippen molar-refractivity contribution in [2.24, 2.45) is 5.10 Å². The summed E-state index contributed by atoms with van der Waals surface area (Å²) in [5, 5.41) is 30.4. The molecule has 0 unspecified atom stereocenters. The number of non-ortho nitro benzene ring substituents is 1. The van der Waals surface area contributed by atoms with E-state index >= 15 is 0 Å². The molecule has 14 nitrogen and oxygen atoms in total. The number of rotatable bonds is 7. The first-order valence-electron chi connectivity index (χ1n) is 9.67. The highest BCUT2D eigenvalue weighted by Crippen LogP contribution is 2.29. The summed E-state index contributed by atoms with van der Waals surface area (Å²) in [5.41, 5.74) is 9.45. The van der Waals surface area contributed by atoms with Gasteiger partial charge in [-0.2, -0.15) is 9.78 Å². The van der Waals surface area contributed by atoms with Crippen molar-refractivity contribution in [1.82, 2.24) is 30.7 Å². The fourth-order valence-electron chi connectivity index (χ4n) is 3.03. The summed E-state index contributed by atoms with van der Waals surface area (Å²) in [4.78, 5) is 23.7. The lowest BCUT2D eigenvalue weighted by Crippen LogP contribution is -2.21. The topological polar surface area (TPSA) is 189 Å². The van der Waals surface area contributed by atoms with Crippen molar-refractivity contribution >= 4 is 23.1 Å². The summed E-state index contributed by atoms with van der Waals surface area (Å²) in [6.45, 7) is 1.71. The second kappa shape index (κ2) is 9.15. The Labute approximate surface area is 191 Å². The molecule has 4 aromatic rings. The van der Waals surface area contributed by atoms with Crippen LogP contribution in [0.15, 0.2) is 58.3 Å². The van der Waals surface area contributed by atoms with Gasteiger partial charge >= 0.3 is 0 Å². The number of carbonyl (C=O) groups excluding carboxylic acids is 1. The number of hydrazone groups is 1. The number of nitrogen functional groups attached to an aromatic ring is 1. The summed E-state index contributed by atoms with van der Waals surface area (Å²) >= 11 is 0. The average molecular weight is 463 g/mol. The lowest BCUT2D eigenvalue weighted by molar-refractivity contribution is -0.384. The summed E-state index contributed by atoms with van der Waals surface area (Å²) in [7, 11) is 1.56. The Hall–Kier alpha value is -5.14. The Bertz CT molecular complexity index is 1390. The number of nitro groups is 1. The second-order valence-corrected chi connectivity index (χ2v) is 6.85. The quantitative estimate of drug-likeness (QED) is 0.233. The van der Waals surface area contributed by atoms with Crippen LogP contribution in [-0.4, -0.2) is 49.0 Å². The third-order valence-electron chi connectivity index (χ3n) is 4.74. The van der Waals surface area contributed by atoms with E-state index < -0.39 is 10.8 Å². The van der Waals surface area contributed by atoms with Gasteiger partial charge in [-0.05, 0) is 47.1 Å². The number of amides is 1. The van der Waals surface area contributed by atoms with E-state index in [2.05, 4.69) is 35.8 Å². The normalized spacial score (nSPS) is 11.3. The van der Waals surface area contributed by atoms with Crippen LogP contribution in [0.2, 0.25) is 0 Å². The minimum absolute atomic E-state index is 0.0361. The molecule has 172 valence electrons. The van der Waals surface area contributed by atoms with Crippen molar-refractivity contribution in [3.8, 4) is 22.8 Å². The van der Waals surface area contributed by atoms with Gasteiger partial charge in [-0.1, -0.05) is 17.3 Å². The molecule has 0 saturated carbocycles. The largest absolute Gasteiger partial charge is 0.497 e. The fraction of sp³-hybridized carbons (Fsp3) is 0.100. The zero-order valence-electron chi connectivity index (χ0n) is 17.9. The van der Waals surface area contributed by atoms with E-state index in [0.29, 0.717) is 11.5 Å². The van der Waals surface area contributed by atoms with E-state index in [1.54, 1.807) is 44.4 Å². The summed E-state index contributed by atoms with van der Waals surface area (Å²) < 4.78 is 10.9. The molecule has 2 aromatic heterocycles. The van der Waals surface area contributed by atoms with Gasteiger partial charge in [0.1, 0.15) is 11.4 Å². The maximum atomic E-state index is 13.0. The maximum Gasteiger partial charge on any atom is 0.294 e. The molecule has 14 heteroatoms. The molecule has 0 fully saturated rings. The minimum atomic E-state index is -0.712. The molecule has 0 aliphatic rings. The molecule has 4 rings (SSSR count).